The van der Waals surface area contributed by atoms with Gasteiger partial charge in [0.25, 0.3) is 0 Å². The molecule has 3 aromatic rings. The van der Waals surface area contributed by atoms with Crippen LogP contribution in [0.4, 0.5) is 0 Å². The van der Waals surface area contributed by atoms with Crippen LogP contribution in [0.5, 0.6) is 5.75 Å². The van der Waals surface area contributed by atoms with Crippen molar-refractivity contribution >= 4 is 23.4 Å². The van der Waals surface area contributed by atoms with E-state index in [2.05, 4.69) is 4.98 Å². The first-order chi connectivity index (χ1) is 12.3. The molecule has 1 heterocycles. The molecule has 0 amide bonds. The van der Waals surface area contributed by atoms with E-state index >= 15 is 0 Å². The van der Waals surface area contributed by atoms with Crippen molar-refractivity contribution in [3.8, 4) is 16.3 Å². The lowest BCUT2D eigenvalue weighted by Crippen LogP contribution is -2.01. The number of benzene rings is 2. The molecule has 3 rings (SSSR count). The van der Waals surface area contributed by atoms with Gasteiger partial charge in [-0.2, -0.15) is 0 Å². The number of ether oxygens (including phenoxy) is 2. The van der Waals surface area contributed by atoms with Gasteiger partial charge in [0.15, 0.2) is 0 Å². The van der Waals surface area contributed by atoms with E-state index in [1.54, 1.807) is 13.2 Å². The number of carbonyl (C=O) groups is 1. The highest BCUT2D eigenvalue weighted by atomic mass is 32.1. The second-order valence-electron chi connectivity index (χ2n) is 5.19. The second-order valence-corrected chi connectivity index (χ2v) is 6.05. The summed E-state index contributed by atoms with van der Waals surface area (Å²) in [7, 11) is 1.59. The van der Waals surface area contributed by atoms with Crippen molar-refractivity contribution in [3.63, 3.8) is 0 Å². The fourth-order valence-corrected chi connectivity index (χ4v) is 3.05. The predicted molar refractivity (Wildman–Crippen MR) is 99.4 cm³/mol. The smallest absolute Gasteiger partial charge is 0.331 e. The van der Waals surface area contributed by atoms with Crippen molar-refractivity contribution in [1.82, 2.24) is 4.98 Å². The second kappa shape index (κ2) is 8.26. The van der Waals surface area contributed by atoms with E-state index in [9.17, 15) is 4.79 Å². The van der Waals surface area contributed by atoms with Crippen LogP contribution in [-0.4, -0.2) is 18.1 Å². The predicted octanol–water partition coefficient (Wildman–Crippen LogP) is 4.58. The monoisotopic (exact) mass is 351 g/mol. The number of hydrogen-bond donors (Lipinski definition) is 0. The molecule has 0 fully saturated rings. The number of aromatic nitrogens is 1. The average molecular weight is 351 g/mol. The number of carbonyl (C=O) groups excluding carboxylic acids is 1. The number of para-hydroxylation sites is 1. The van der Waals surface area contributed by atoms with Gasteiger partial charge in [-0.3, -0.25) is 0 Å². The molecule has 126 valence electrons. The molecule has 0 N–H and O–H groups in total. The normalized spacial score (nSPS) is 10.8. The molecule has 1 aromatic heterocycles. The lowest BCUT2D eigenvalue weighted by atomic mass is 10.2. The summed E-state index contributed by atoms with van der Waals surface area (Å²) in [5, 5.41) is 2.82. The molecule has 25 heavy (non-hydrogen) atoms. The third-order valence-electron chi connectivity index (χ3n) is 3.47. The summed E-state index contributed by atoms with van der Waals surface area (Å²) < 4.78 is 10.5. The molecule has 5 heteroatoms. The Kier molecular flexibility index (Phi) is 5.59. The van der Waals surface area contributed by atoms with Gasteiger partial charge in [0.2, 0.25) is 0 Å². The van der Waals surface area contributed by atoms with Gasteiger partial charge in [0.1, 0.15) is 17.4 Å². The summed E-state index contributed by atoms with van der Waals surface area (Å²) in [5.41, 5.74) is 2.62. The number of methoxy groups -OCH3 is 1. The fourth-order valence-electron chi connectivity index (χ4n) is 2.24. The fraction of sp³-hybridized carbons (Fsp3) is 0.100. The summed E-state index contributed by atoms with van der Waals surface area (Å²) in [6.45, 7) is 0.151. The van der Waals surface area contributed by atoms with Gasteiger partial charge in [0, 0.05) is 22.6 Å². The highest BCUT2D eigenvalue weighted by Gasteiger charge is 2.06. The number of hydrogen-bond acceptors (Lipinski definition) is 5. The van der Waals surface area contributed by atoms with Crippen molar-refractivity contribution in [2.45, 2.75) is 6.61 Å². The van der Waals surface area contributed by atoms with Crippen molar-refractivity contribution in [2.75, 3.05) is 7.11 Å². The highest BCUT2D eigenvalue weighted by Crippen LogP contribution is 2.23. The first-order valence-corrected chi connectivity index (χ1v) is 8.62. The molecule has 0 saturated heterocycles. The molecule has 0 aliphatic rings. The van der Waals surface area contributed by atoms with Crippen molar-refractivity contribution in [1.29, 1.82) is 0 Å². The Labute approximate surface area is 150 Å². The Morgan fingerprint density at radius 1 is 1.12 bits per heavy atom. The summed E-state index contributed by atoms with van der Waals surface area (Å²) in [5.74, 6) is 0.290. The van der Waals surface area contributed by atoms with Crippen LogP contribution < -0.4 is 4.74 Å². The molecule has 0 unspecified atom stereocenters. The van der Waals surface area contributed by atoms with Gasteiger partial charge < -0.3 is 9.47 Å². The van der Waals surface area contributed by atoms with Gasteiger partial charge in [-0.05, 0) is 12.1 Å². The SMILES string of the molecule is COc1ccccc1C=CC(=O)OCc1csc(-c2ccccc2)n1. The zero-order chi connectivity index (χ0) is 17.5. The number of esters is 1. The maximum absolute atomic E-state index is 11.9. The molecule has 0 aliphatic heterocycles. The van der Waals surface area contributed by atoms with Crippen molar-refractivity contribution in [3.05, 3.63) is 77.3 Å². The van der Waals surface area contributed by atoms with Crippen LogP contribution in [0.3, 0.4) is 0 Å². The first kappa shape index (κ1) is 16.9. The molecule has 0 radical (unpaired) electrons. The summed E-state index contributed by atoms with van der Waals surface area (Å²) in [6, 6.07) is 17.4. The van der Waals surface area contributed by atoms with E-state index < -0.39 is 5.97 Å². The van der Waals surface area contributed by atoms with Crippen LogP contribution in [0, 0.1) is 0 Å². The van der Waals surface area contributed by atoms with Crippen LogP contribution in [0.15, 0.2) is 66.1 Å². The Hall–Kier alpha value is -2.92. The van der Waals surface area contributed by atoms with E-state index in [4.69, 9.17) is 9.47 Å². The van der Waals surface area contributed by atoms with E-state index in [1.807, 2.05) is 60.0 Å². The van der Waals surface area contributed by atoms with E-state index in [0.717, 1.165) is 21.8 Å². The Morgan fingerprint density at radius 2 is 1.88 bits per heavy atom. The minimum Gasteiger partial charge on any atom is -0.496 e. The van der Waals surface area contributed by atoms with Crippen LogP contribution in [0.1, 0.15) is 11.3 Å². The van der Waals surface area contributed by atoms with E-state index in [-0.39, 0.29) is 6.61 Å². The summed E-state index contributed by atoms with van der Waals surface area (Å²) in [4.78, 5) is 16.4. The molecule has 0 atom stereocenters. The molecule has 0 bridgehead atoms. The van der Waals surface area contributed by atoms with Gasteiger partial charge >= 0.3 is 5.97 Å². The van der Waals surface area contributed by atoms with Crippen LogP contribution in [0.2, 0.25) is 0 Å². The van der Waals surface area contributed by atoms with Gasteiger partial charge in [-0.25, -0.2) is 9.78 Å². The summed E-state index contributed by atoms with van der Waals surface area (Å²) >= 11 is 1.53. The standard InChI is InChI=1S/C20H17NO3S/c1-23-18-10-6-5-7-15(18)11-12-19(22)24-13-17-14-25-20(21-17)16-8-3-2-4-9-16/h2-12,14H,13H2,1H3. The third-order valence-corrected chi connectivity index (χ3v) is 4.41. The van der Waals surface area contributed by atoms with Crippen LogP contribution in [0.25, 0.3) is 16.6 Å². The average Bonchev–Trinajstić information content (AvgIpc) is 3.14. The lowest BCUT2D eigenvalue weighted by molar-refractivity contribution is -0.139. The number of rotatable bonds is 6. The first-order valence-electron chi connectivity index (χ1n) is 7.74. The minimum atomic E-state index is -0.417. The molecule has 4 nitrogen and oxygen atoms in total. The van der Waals surface area contributed by atoms with E-state index in [0.29, 0.717) is 5.75 Å². The molecular formula is C20H17NO3S. The highest BCUT2D eigenvalue weighted by molar-refractivity contribution is 7.13. The van der Waals surface area contributed by atoms with Crippen LogP contribution >= 0.6 is 11.3 Å². The van der Waals surface area contributed by atoms with Crippen LogP contribution in [-0.2, 0) is 16.1 Å². The van der Waals surface area contributed by atoms with Gasteiger partial charge in [-0.15, -0.1) is 11.3 Å². The quantitative estimate of drug-likeness (QED) is 0.482. The molecule has 0 saturated carbocycles. The Bertz CT molecular complexity index is 871. The lowest BCUT2D eigenvalue weighted by Gasteiger charge is -2.03. The third kappa shape index (κ3) is 4.55. The minimum absolute atomic E-state index is 0.151. The Balaban J connectivity index is 1.58. The van der Waals surface area contributed by atoms with Crippen molar-refractivity contribution < 1.29 is 14.3 Å². The largest absolute Gasteiger partial charge is 0.496 e. The number of nitrogens with zero attached hydrogens (tertiary/aromatic N) is 1. The maximum Gasteiger partial charge on any atom is 0.331 e. The van der Waals surface area contributed by atoms with Gasteiger partial charge in [0.05, 0.1) is 12.8 Å². The molecule has 2 aromatic carbocycles. The van der Waals surface area contributed by atoms with Gasteiger partial charge in [-0.1, -0.05) is 48.5 Å². The van der Waals surface area contributed by atoms with E-state index in [1.165, 1.54) is 17.4 Å². The Morgan fingerprint density at radius 3 is 2.68 bits per heavy atom. The summed E-state index contributed by atoms with van der Waals surface area (Å²) in [6.07, 6.45) is 3.07. The maximum atomic E-state index is 11.9. The number of thiazole rings is 1. The molecular weight excluding hydrogens is 334 g/mol. The van der Waals surface area contributed by atoms with Crippen molar-refractivity contribution in [2.24, 2.45) is 0 Å². The molecule has 0 aliphatic carbocycles. The topological polar surface area (TPSA) is 48.4 Å². The zero-order valence-electron chi connectivity index (χ0n) is 13.7. The molecule has 0 spiro atoms. The zero-order valence-corrected chi connectivity index (χ0v) is 14.5.